The Hall–Kier alpha value is -4.88. The van der Waals surface area contributed by atoms with Gasteiger partial charge in [0.2, 0.25) is 23.6 Å². The molecule has 7 rings (SSSR count). The highest BCUT2D eigenvalue weighted by Gasteiger charge is 2.59. The van der Waals surface area contributed by atoms with Crippen LogP contribution in [-0.2, 0) is 42.9 Å². The summed E-state index contributed by atoms with van der Waals surface area (Å²) in [4.78, 5) is 83.1. The Morgan fingerprint density at radius 2 is 1.52 bits per heavy atom. The van der Waals surface area contributed by atoms with Crippen LogP contribution in [0, 0.1) is 5.92 Å². The molecule has 1 saturated carbocycles. The second-order valence-corrected chi connectivity index (χ2v) is 25.3. The Balaban J connectivity index is 0.862. The van der Waals surface area contributed by atoms with E-state index in [-0.39, 0.29) is 60.7 Å². The topological polar surface area (TPSA) is 441 Å². The van der Waals surface area contributed by atoms with Crippen molar-refractivity contribution < 1.29 is 88.2 Å². The molecule has 16 N–H and O–H groups in total. The van der Waals surface area contributed by atoms with Crippen molar-refractivity contribution in [2.45, 2.75) is 167 Å². The van der Waals surface area contributed by atoms with Gasteiger partial charge in [-0.2, -0.15) is 11.8 Å². The first-order valence-electron chi connectivity index (χ1n) is 28.0. The van der Waals surface area contributed by atoms with Crippen molar-refractivity contribution in [2.75, 3.05) is 64.3 Å². The van der Waals surface area contributed by atoms with Crippen molar-refractivity contribution in [3.05, 3.63) is 29.8 Å². The van der Waals surface area contributed by atoms with E-state index in [1.54, 1.807) is 31.1 Å². The lowest BCUT2D eigenvalue weighted by Crippen LogP contribution is -2.69. The molecule has 1 aromatic rings. The van der Waals surface area contributed by atoms with Gasteiger partial charge < -0.3 is 107 Å². The third kappa shape index (κ3) is 17.4. The number of urea groups is 1. The summed E-state index contributed by atoms with van der Waals surface area (Å²) in [5, 5.41) is 103. The van der Waals surface area contributed by atoms with Gasteiger partial charge in [-0.3, -0.25) is 24.0 Å². The summed E-state index contributed by atoms with van der Waals surface area (Å²) >= 11 is 1.84. The van der Waals surface area contributed by atoms with Crippen molar-refractivity contribution in [3.8, 4) is 0 Å². The lowest BCUT2D eigenvalue weighted by Gasteiger charge is -2.48. The van der Waals surface area contributed by atoms with E-state index < -0.39 is 141 Å². The fourth-order valence-corrected chi connectivity index (χ4v) is 14.3. The summed E-state index contributed by atoms with van der Waals surface area (Å²) in [6.45, 7) is -0.386. The summed E-state index contributed by atoms with van der Waals surface area (Å²) < 4.78 is 30.1. The second-order valence-electron chi connectivity index (χ2n) is 21.3. The van der Waals surface area contributed by atoms with Crippen LogP contribution in [0.5, 0.6) is 0 Å². The first-order valence-corrected chi connectivity index (χ1v) is 31.5. The van der Waals surface area contributed by atoms with E-state index in [1.807, 2.05) is 11.8 Å². The number of ether oxygens (including phenoxy) is 5. The number of nitrogens with one attached hydrogen (secondary N) is 7. The van der Waals surface area contributed by atoms with Gasteiger partial charge in [0.1, 0.15) is 73.0 Å². The monoisotopic (exact) mass is 1240 g/mol. The zero-order chi connectivity index (χ0) is 60.6. The number of aliphatic hydroxyl groups is 7. The van der Waals surface area contributed by atoms with Crippen molar-refractivity contribution in [3.63, 3.8) is 0 Å². The van der Waals surface area contributed by atoms with Crippen LogP contribution in [0.2, 0.25) is 0 Å². The number of unbranched alkanes of at least 4 members (excludes halogenated alkanes) is 2. The predicted molar refractivity (Wildman–Crippen MR) is 305 cm³/mol. The molecule has 5 heterocycles. The van der Waals surface area contributed by atoms with Gasteiger partial charge in [0, 0.05) is 75.0 Å². The third-order valence-corrected chi connectivity index (χ3v) is 19.1. The average Bonchev–Trinajstić information content (AvgIpc) is 2.25. The molecule has 84 heavy (non-hydrogen) atoms. The number of carbonyl (C=O) groups excluding carboxylic acids is 6. The summed E-state index contributed by atoms with van der Waals surface area (Å²) in [6.07, 6.45) is -12.2. The Morgan fingerprint density at radius 3 is 2.21 bits per heavy atom. The van der Waals surface area contributed by atoms with Crippen LogP contribution < -0.4 is 43.1 Å². The lowest BCUT2D eigenvalue weighted by molar-refractivity contribution is -0.339. The number of rotatable bonds is 30. The molecule has 0 radical (unpaired) electrons. The highest BCUT2D eigenvalue weighted by atomic mass is 33.1. The maximum Gasteiger partial charge on any atom is 0.315 e. The van der Waals surface area contributed by atoms with Gasteiger partial charge in [0.05, 0.1) is 49.6 Å². The number of aliphatic imine (C=N–C) groups is 1. The molecule has 0 aromatic heterocycles. The molecule has 4 unspecified atom stereocenters. The number of carbonyl (C=O) groups is 6. The fourth-order valence-electron chi connectivity index (χ4n) is 10.8. The van der Waals surface area contributed by atoms with E-state index in [2.05, 4.69) is 52.5 Å². The van der Waals surface area contributed by atoms with Crippen LogP contribution in [0.25, 0.3) is 0 Å². The lowest BCUT2D eigenvalue weighted by atomic mass is 9.94. The quantitative estimate of drug-likeness (QED) is 0.00891. The molecule has 0 bridgehead atoms. The molecule has 30 nitrogen and oxygen atoms in total. The van der Waals surface area contributed by atoms with E-state index >= 15 is 0 Å². The molecule has 7 amide bonds. The van der Waals surface area contributed by atoms with Gasteiger partial charge in [-0.1, -0.05) is 33.2 Å². The predicted octanol–water partition coefficient (Wildman–Crippen LogP) is -3.41. The molecule has 33 heteroatoms. The van der Waals surface area contributed by atoms with Crippen LogP contribution in [0.1, 0.15) is 68.6 Å². The summed E-state index contributed by atoms with van der Waals surface area (Å²) in [6, 6.07) is 1.83. The van der Waals surface area contributed by atoms with Gasteiger partial charge in [0.25, 0.3) is 11.9 Å². The number of amides is 7. The zero-order valence-electron chi connectivity index (χ0n) is 46.8. The highest BCUT2D eigenvalue weighted by molar-refractivity contribution is 8.76. The number of nitrogens with zero attached hydrogens (tertiary/aromatic N) is 4. The molecule has 5 fully saturated rings. The van der Waals surface area contributed by atoms with E-state index in [9.17, 15) is 64.5 Å². The number of hydrogen-bond donors (Lipinski definition) is 15. The van der Waals surface area contributed by atoms with Gasteiger partial charge in [-0.15, -0.1) is 5.11 Å². The number of benzene rings is 1. The van der Waals surface area contributed by atoms with Crippen LogP contribution in [0.15, 0.2) is 39.6 Å². The van der Waals surface area contributed by atoms with E-state index in [1.165, 1.54) is 33.7 Å². The number of fused-ring (bicyclic) bond motifs is 2. The Labute approximate surface area is 497 Å². The first-order chi connectivity index (χ1) is 40.3. The zero-order valence-corrected chi connectivity index (χ0v) is 49.3. The molecule has 1 aromatic carbocycles. The summed E-state index contributed by atoms with van der Waals surface area (Å²) in [7, 11) is 6.04. The number of nitrogens with two attached hydrogens (primary N) is 1. The van der Waals surface area contributed by atoms with Crippen LogP contribution in [0.4, 0.5) is 10.5 Å². The Bertz CT molecular complexity index is 2430. The van der Waals surface area contributed by atoms with Crippen molar-refractivity contribution >= 4 is 80.6 Å². The molecule has 4 saturated heterocycles. The summed E-state index contributed by atoms with van der Waals surface area (Å²) in [5.74, 6) is 3.54. The second kappa shape index (κ2) is 32.2. The Morgan fingerprint density at radius 1 is 0.821 bits per heavy atom. The largest absolute Gasteiger partial charge is 0.459 e. The third-order valence-electron chi connectivity index (χ3n) is 15.2. The van der Waals surface area contributed by atoms with Gasteiger partial charge in [-0.25, -0.2) is 9.79 Å². The molecular formula is C51H80N12O18S3. The number of amidine groups is 1. The number of hydrogen-bond acceptors (Lipinski definition) is 25. The van der Waals surface area contributed by atoms with Gasteiger partial charge >= 0.3 is 6.03 Å². The molecule has 19 atom stereocenters. The maximum absolute atomic E-state index is 13.5. The van der Waals surface area contributed by atoms with Crippen LogP contribution >= 0.6 is 33.3 Å². The maximum atomic E-state index is 13.5. The molecular weight excluding hydrogens is 1160 g/mol. The van der Waals surface area contributed by atoms with Crippen molar-refractivity contribution in [2.24, 2.45) is 27.1 Å². The smallest absolute Gasteiger partial charge is 0.315 e. The minimum absolute atomic E-state index is 0.0746. The highest BCUT2D eigenvalue weighted by Crippen LogP contribution is 2.40. The average molecular weight is 1250 g/mol. The van der Waals surface area contributed by atoms with Gasteiger partial charge in [0.15, 0.2) is 12.6 Å². The number of thioether (sulfide) groups is 1. The summed E-state index contributed by atoms with van der Waals surface area (Å²) in [5.41, 5.74) is 0.708. The molecule has 5 aliphatic heterocycles. The number of aliphatic hydroxyl groups excluding tert-OH is 7. The normalized spacial score (nSPS) is 32.7. The Kier molecular flexibility index (Phi) is 25.5. The van der Waals surface area contributed by atoms with E-state index in [4.69, 9.17) is 29.5 Å². The van der Waals surface area contributed by atoms with E-state index in [0.717, 1.165) is 25.5 Å². The van der Waals surface area contributed by atoms with E-state index in [0.29, 0.717) is 48.9 Å². The first kappa shape index (κ1) is 66.6. The minimum atomic E-state index is -1.79. The molecule has 0 spiro atoms. The SMILES string of the molecule is CC(=O)N[C@H]1[C@H](O[C@H]2[C@H](O)[C@H]3N=C(N(C)C)O[C@H]3[C@@H]2CO)O[C@H](CO)[C@@H](O[C@@H]2O[C@H](CO)[C@@H](O)[C@@H](O)[C@H]2NC(=O)CCSSCCNC(=O)C(CCCCNC(=O)CCCCC2SCC3NC(=O)NC32)NC(=O)c2ccc(N=NN)cc2)[C@H]1O. The van der Waals surface area contributed by atoms with Crippen molar-refractivity contribution in [1.29, 1.82) is 0 Å². The fraction of sp³-hybridized carbons (Fsp3) is 0.745. The molecule has 470 valence electrons. The molecule has 6 aliphatic rings. The molecule has 1 aliphatic carbocycles. The van der Waals surface area contributed by atoms with Crippen LogP contribution in [0.3, 0.4) is 0 Å². The van der Waals surface area contributed by atoms with Crippen molar-refractivity contribution in [1.82, 2.24) is 42.1 Å². The standard InChI is InChI=1S/C51H80N12O18S3/c1-24(67)55-38-42(73)45(31(22-66)78-49(38)79-44-27(20-64)43-36(41(44)72)60-51(81-43)63(2)3)80-48-37(40(71)39(70)30(21-65)77-48)58-34(69)15-18-83-84-19-17-54-47(75)28(56-46(74)25-11-13-26(14-12-25)61-62-52)8-6-7-16-53-33(68)10-5-4-9-32-35-29(23-82-32)57-50(76)59-35/h11-14,27-32,35-45,48-49,64-66,70-73H,4-10,15-23H2,1-3H3,(H2,52,61)(H,53,68)(H,54,75)(H,55,67)(H,56,74)(H,58,69)(H2,57,59,76)/t27-,28?,29?,30+,31+,32?,35?,36+,37+,38+,39+,40-,41+,42-,43-,44+,45+,48-,49-/m0/s1. The minimum Gasteiger partial charge on any atom is -0.459 e. The van der Waals surface area contributed by atoms with Gasteiger partial charge in [-0.05, 0) is 56.4 Å². The van der Waals surface area contributed by atoms with Crippen LogP contribution in [-0.4, -0.2) is 256 Å².